The first kappa shape index (κ1) is 11.6. The summed E-state index contributed by atoms with van der Waals surface area (Å²) in [6.45, 7) is 7.17. The van der Waals surface area contributed by atoms with Crippen LogP contribution >= 0.6 is 0 Å². The summed E-state index contributed by atoms with van der Waals surface area (Å²) in [6.07, 6.45) is 2.04. The first-order valence-electron chi connectivity index (χ1n) is 6.77. The highest BCUT2D eigenvalue weighted by Crippen LogP contribution is 2.36. The molecule has 0 saturated carbocycles. The van der Waals surface area contributed by atoms with Gasteiger partial charge in [-0.25, -0.2) is 0 Å². The van der Waals surface area contributed by atoms with Crippen molar-refractivity contribution in [2.75, 3.05) is 19.7 Å². The maximum atomic E-state index is 5.81. The maximum absolute atomic E-state index is 5.81. The fraction of sp³-hybridized carbons (Fsp3) is 0.533. The van der Waals surface area contributed by atoms with Crippen molar-refractivity contribution in [2.24, 2.45) is 4.99 Å². The van der Waals surface area contributed by atoms with E-state index in [0.717, 1.165) is 44.1 Å². The first-order chi connectivity index (χ1) is 8.74. The van der Waals surface area contributed by atoms with Gasteiger partial charge in [-0.2, -0.15) is 0 Å². The Morgan fingerprint density at radius 3 is 3.11 bits per heavy atom. The Labute approximate surface area is 108 Å². The second kappa shape index (κ2) is 4.63. The number of hydrogen-bond acceptors (Lipinski definition) is 3. The minimum atomic E-state index is 0.459. The number of nitrogens with one attached hydrogen (secondary N) is 1. The van der Waals surface area contributed by atoms with E-state index in [1.807, 2.05) is 0 Å². The third-order valence-electron chi connectivity index (χ3n) is 3.73. The number of benzene rings is 1. The summed E-state index contributed by atoms with van der Waals surface area (Å²) in [7, 11) is 0. The Balaban J connectivity index is 1.86. The van der Waals surface area contributed by atoms with Gasteiger partial charge in [0.2, 0.25) is 0 Å². The van der Waals surface area contributed by atoms with Gasteiger partial charge in [-0.1, -0.05) is 24.6 Å². The fourth-order valence-corrected chi connectivity index (χ4v) is 2.85. The number of aryl methyl sites for hydroxylation is 1. The first-order valence-corrected chi connectivity index (χ1v) is 6.77. The van der Waals surface area contributed by atoms with Crippen LogP contribution in [0.3, 0.4) is 0 Å². The van der Waals surface area contributed by atoms with Crippen LogP contribution in [0.1, 0.15) is 36.0 Å². The molecule has 0 saturated heterocycles. The van der Waals surface area contributed by atoms with Gasteiger partial charge in [0.25, 0.3) is 0 Å². The quantitative estimate of drug-likeness (QED) is 0.886. The summed E-state index contributed by atoms with van der Waals surface area (Å²) in [5.41, 5.74) is 4.06. The van der Waals surface area contributed by atoms with Crippen LogP contribution in [0.5, 0.6) is 5.75 Å². The highest BCUT2D eigenvalue weighted by Gasteiger charge is 2.22. The van der Waals surface area contributed by atoms with Gasteiger partial charge in [0, 0.05) is 19.4 Å². The summed E-state index contributed by atoms with van der Waals surface area (Å²) in [5, 5.41) is 3.35. The number of ether oxygens (including phenoxy) is 1. The molecule has 1 atom stereocenters. The number of amidine groups is 1. The summed E-state index contributed by atoms with van der Waals surface area (Å²) < 4.78 is 5.81. The SMILES string of the molecule is Cc1cc2c(c(C(C)CC3=NCCN3)c1)OCC2. The zero-order chi connectivity index (χ0) is 12.5. The summed E-state index contributed by atoms with van der Waals surface area (Å²) in [4.78, 5) is 4.48. The number of hydrogen-bond donors (Lipinski definition) is 1. The molecule has 2 aliphatic rings. The van der Waals surface area contributed by atoms with Crippen molar-refractivity contribution in [1.29, 1.82) is 0 Å². The Morgan fingerprint density at radius 2 is 2.33 bits per heavy atom. The molecule has 2 aliphatic heterocycles. The third-order valence-corrected chi connectivity index (χ3v) is 3.73. The maximum Gasteiger partial charge on any atom is 0.126 e. The van der Waals surface area contributed by atoms with E-state index in [0.29, 0.717) is 5.92 Å². The molecular formula is C15H20N2O. The largest absolute Gasteiger partial charge is 0.493 e. The fourth-order valence-electron chi connectivity index (χ4n) is 2.85. The minimum Gasteiger partial charge on any atom is -0.493 e. The number of fused-ring (bicyclic) bond motifs is 1. The normalized spacial score (nSPS) is 18.9. The lowest BCUT2D eigenvalue weighted by atomic mass is 9.92. The molecule has 1 aromatic rings. The van der Waals surface area contributed by atoms with Crippen LogP contribution in [0.25, 0.3) is 0 Å². The minimum absolute atomic E-state index is 0.459. The van der Waals surface area contributed by atoms with Gasteiger partial charge < -0.3 is 10.1 Å². The molecule has 0 fully saturated rings. The topological polar surface area (TPSA) is 33.6 Å². The van der Waals surface area contributed by atoms with E-state index in [2.05, 4.69) is 36.3 Å². The molecule has 0 aromatic heterocycles. The van der Waals surface area contributed by atoms with Crippen molar-refractivity contribution < 1.29 is 4.74 Å². The van der Waals surface area contributed by atoms with Crippen LogP contribution in [0, 0.1) is 6.92 Å². The second-order valence-electron chi connectivity index (χ2n) is 5.30. The van der Waals surface area contributed by atoms with Gasteiger partial charge in [-0.15, -0.1) is 0 Å². The Hall–Kier alpha value is -1.51. The number of aliphatic imine (C=N–C) groups is 1. The molecule has 1 unspecified atom stereocenters. The average Bonchev–Trinajstić information content (AvgIpc) is 2.97. The molecule has 18 heavy (non-hydrogen) atoms. The number of rotatable bonds is 3. The lowest BCUT2D eigenvalue weighted by Gasteiger charge is -2.16. The molecule has 0 bridgehead atoms. The van der Waals surface area contributed by atoms with E-state index in [1.165, 1.54) is 16.7 Å². The molecule has 0 amide bonds. The van der Waals surface area contributed by atoms with Crippen LogP contribution in [-0.4, -0.2) is 25.5 Å². The van der Waals surface area contributed by atoms with Gasteiger partial charge >= 0.3 is 0 Å². The van der Waals surface area contributed by atoms with Crippen molar-refractivity contribution in [3.05, 3.63) is 28.8 Å². The second-order valence-corrected chi connectivity index (χ2v) is 5.30. The van der Waals surface area contributed by atoms with Crippen molar-refractivity contribution in [3.63, 3.8) is 0 Å². The van der Waals surface area contributed by atoms with Gasteiger partial charge in [-0.3, -0.25) is 4.99 Å². The highest BCUT2D eigenvalue weighted by atomic mass is 16.5. The summed E-state index contributed by atoms with van der Waals surface area (Å²) >= 11 is 0. The number of nitrogens with zero attached hydrogens (tertiary/aromatic N) is 1. The Kier molecular flexibility index (Phi) is 2.98. The van der Waals surface area contributed by atoms with Crippen LogP contribution in [0.2, 0.25) is 0 Å². The van der Waals surface area contributed by atoms with Gasteiger partial charge in [0.15, 0.2) is 0 Å². The van der Waals surface area contributed by atoms with Gasteiger partial charge in [0.05, 0.1) is 19.0 Å². The Bertz CT molecular complexity index is 494. The van der Waals surface area contributed by atoms with Gasteiger partial charge in [-0.05, 0) is 24.0 Å². The molecule has 2 heterocycles. The zero-order valence-corrected chi connectivity index (χ0v) is 11.1. The lowest BCUT2D eigenvalue weighted by molar-refractivity contribution is 0.351. The molecule has 3 nitrogen and oxygen atoms in total. The van der Waals surface area contributed by atoms with Crippen LogP contribution in [-0.2, 0) is 6.42 Å². The molecule has 1 N–H and O–H groups in total. The van der Waals surface area contributed by atoms with E-state index in [9.17, 15) is 0 Å². The lowest BCUT2D eigenvalue weighted by Crippen LogP contribution is -2.20. The smallest absolute Gasteiger partial charge is 0.126 e. The van der Waals surface area contributed by atoms with E-state index in [4.69, 9.17) is 4.74 Å². The van der Waals surface area contributed by atoms with E-state index >= 15 is 0 Å². The van der Waals surface area contributed by atoms with Crippen LogP contribution < -0.4 is 10.1 Å². The van der Waals surface area contributed by atoms with Gasteiger partial charge in [0.1, 0.15) is 5.75 Å². The predicted octanol–water partition coefficient (Wildman–Crippen LogP) is 2.43. The zero-order valence-electron chi connectivity index (χ0n) is 11.1. The summed E-state index contributed by atoms with van der Waals surface area (Å²) in [6, 6.07) is 4.52. The van der Waals surface area contributed by atoms with Crippen molar-refractivity contribution in [2.45, 2.75) is 32.6 Å². The van der Waals surface area contributed by atoms with Crippen LogP contribution in [0.4, 0.5) is 0 Å². The average molecular weight is 244 g/mol. The highest BCUT2D eigenvalue weighted by molar-refractivity contribution is 5.84. The van der Waals surface area contributed by atoms with Crippen molar-refractivity contribution >= 4 is 5.84 Å². The molecular weight excluding hydrogens is 224 g/mol. The molecule has 3 rings (SSSR count). The molecule has 0 radical (unpaired) electrons. The van der Waals surface area contributed by atoms with E-state index < -0.39 is 0 Å². The molecule has 0 spiro atoms. The molecule has 1 aromatic carbocycles. The van der Waals surface area contributed by atoms with Crippen molar-refractivity contribution in [3.8, 4) is 5.75 Å². The summed E-state index contributed by atoms with van der Waals surface area (Å²) in [5.74, 6) is 2.74. The van der Waals surface area contributed by atoms with E-state index in [1.54, 1.807) is 0 Å². The van der Waals surface area contributed by atoms with E-state index in [-0.39, 0.29) is 0 Å². The predicted molar refractivity (Wildman–Crippen MR) is 73.7 cm³/mol. The van der Waals surface area contributed by atoms with Crippen molar-refractivity contribution in [1.82, 2.24) is 5.32 Å². The molecule has 96 valence electrons. The third kappa shape index (κ3) is 2.09. The monoisotopic (exact) mass is 244 g/mol. The van der Waals surface area contributed by atoms with Crippen LogP contribution in [0.15, 0.2) is 17.1 Å². The standard InChI is InChI=1S/C15H20N2O/c1-10-7-12-3-6-18-15(12)13(8-10)11(2)9-14-16-4-5-17-14/h7-8,11H,3-6,9H2,1-2H3,(H,16,17). The molecule has 3 heteroatoms. The molecule has 0 aliphatic carbocycles. The Morgan fingerprint density at radius 1 is 1.44 bits per heavy atom.